The summed E-state index contributed by atoms with van der Waals surface area (Å²) >= 11 is 11.4. The van der Waals surface area contributed by atoms with E-state index >= 15 is 0 Å². The fourth-order valence-electron chi connectivity index (χ4n) is 3.46. The van der Waals surface area contributed by atoms with Crippen LogP contribution in [0.1, 0.15) is 50.5 Å². The molecule has 3 atom stereocenters. The van der Waals surface area contributed by atoms with Crippen molar-refractivity contribution < 1.29 is 14.3 Å². The number of alkyl halides is 1. The molecule has 0 saturated carbocycles. The number of carbonyl (C=O) groups is 1. The summed E-state index contributed by atoms with van der Waals surface area (Å²) in [6.45, 7) is 9.85. The molecule has 3 rings (SSSR count). The van der Waals surface area contributed by atoms with Crippen LogP contribution in [0.2, 0.25) is 0 Å². The second kappa shape index (κ2) is 8.50. The molecule has 0 saturated heterocycles. The molecule has 1 aliphatic rings. The zero-order valence-electron chi connectivity index (χ0n) is 17.4. The topological polar surface area (TPSA) is 48.4 Å². The third-order valence-corrected chi connectivity index (χ3v) is 6.83. The minimum absolute atomic E-state index is 0.0575. The number of benzene rings is 1. The number of halogens is 2. The van der Waals surface area contributed by atoms with Gasteiger partial charge in [-0.15, -0.1) is 22.9 Å². The van der Waals surface area contributed by atoms with Gasteiger partial charge in [0, 0.05) is 11.1 Å². The predicted octanol–water partition coefficient (Wildman–Crippen LogP) is 6.59. The lowest BCUT2D eigenvalue weighted by molar-refractivity contribution is -0.164. The molecule has 0 aliphatic heterocycles. The van der Waals surface area contributed by atoms with Crippen molar-refractivity contribution in [2.45, 2.75) is 51.7 Å². The average molecular weight is 499 g/mol. The molecule has 0 N–H and O–H groups in total. The number of ether oxygens (including phenoxy) is 2. The van der Waals surface area contributed by atoms with Crippen molar-refractivity contribution in [2.24, 2.45) is 5.92 Å². The van der Waals surface area contributed by atoms with E-state index in [1.807, 2.05) is 45.9 Å². The maximum absolute atomic E-state index is 12.8. The molecule has 29 heavy (non-hydrogen) atoms. The van der Waals surface area contributed by atoms with E-state index in [-0.39, 0.29) is 11.3 Å². The molecule has 1 aromatic heterocycles. The molecule has 1 aromatic carbocycles. The van der Waals surface area contributed by atoms with Gasteiger partial charge in [-0.25, -0.2) is 9.78 Å². The van der Waals surface area contributed by atoms with Crippen LogP contribution in [0.15, 0.2) is 28.2 Å². The summed E-state index contributed by atoms with van der Waals surface area (Å²) in [4.78, 5) is 17.4. The van der Waals surface area contributed by atoms with E-state index in [1.165, 1.54) is 7.11 Å². The molecule has 0 amide bonds. The van der Waals surface area contributed by atoms with Crippen LogP contribution in [0.3, 0.4) is 0 Å². The van der Waals surface area contributed by atoms with Crippen LogP contribution in [0.25, 0.3) is 15.8 Å². The Kier molecular flexibility index (Phi) is 6.59. The van der Waals surface area contributed by atoms with Crippen molar-refractivity contribution in [2.75, 3.05) is 7.11 Å². The molecule has 1 heterocycles. The Morgan fingerprint density at radius 2 is 2.07 bits per heavy atom. The molecule has 2 aromatic rings. The Bertz CT molecular complexity index is 1010. The SMILES string of the molecule is COC(=O)[C@@H](OC(C)(C)C)c1c(C)cc2nc(Br)sc2c1C1=CC(C)C(Cl)C=C1. The highest BCUT2D eigenvalue weighted by atomic mass is 79.9. The summed E-state index contributed by atoms with van der Waals surface area (Å²) in [6.07, 6.45) is 5.31. The van der Waals surface area contributed by atoms with Crippen LogP contribution in [0.4, 0.5) is 0 Å². The minimum Gasteiger partial charge on any atom is -0.467 e. The van der Waals surface area contributed by atoms with Crippen LogP contribution in [0.5, 0.6) is 0 Å². The smallest absolute Gasteiger partial charge is 0.339 e. The number of allylic oxidation sites excluding steroid dienone is 4. The van der Waals surface area contributed by atoms with E-state index < -0.39 is 17.7 Å². The van der Waals surface area contributed by atoms with Gasteiger partial charge in [-0.2, -0.15) is 0 Å². The first kappa shape index (κ1) is 22.5. The number of carbonyl (C=O) groups excluding carboxylic acids is 1. The highest BCUT2D eigenvalue weighted by molar-refractivity contribution is 9.11. The second-order valence-electron chi connectivity index (χ2n) is 8.22. The van der Waals surface area contributed by atoms with E-state index in [9.17, 15) is 4.79 Å². The summed E-state index contributed by atoms with van der Waals surface area (Å²) in [5.41, 5.74) is 4.06. The van der Waals surface area contributed by atoms with E-state index in [2.05, 4.69) is 33.9 Å². The molecular weight excluding hydrogens is 474 g/mol. The van der Waals surface area contributed by atoms with Crippen LogP contribution < -0.4 is 0 Å². The van der Waals surface area contributed by atoms with Gasteiger partial charge in [0.25, 0.3) is 0 Å². The van der Waals surface area contributed by atoms with Gasteiger partial charge in [0.05, 0.1) is 28.3 Å². The van der Waals surface area contributed by atoms with Crippen molar-refractivity contribution in [3.8, 4) is 0 Å². The van der Waals surface area contributed by atoms with Gasteiger partial charge in [0.1, 0.15) is 0 Å². The van der Waals surface area contributed by atoms with Crippen molar-refractivity contribution in [3.05, 3.63) is 44.9 Å². The number of thiazole rings is 1. The van der Waals surface area contributed by atoms with Gasteiger partial charge in [-0.3, -0.25) is 0 Å². The Labute approximate surface area is 189 Å². The normalized spacial score (nSPS) is 20.6. The molecule has 7 heteroatoms. The van der Waals surface area contributed by atoms with E-state index in [0.717, 1.165) is 36.4 Å². The Hall–Kier alpha value is -1.21. The van der Waals surface area contributed by atoms with Crippen molar-refractivity contribution >= 4 is 60.6 Å². The number of methoxy groups -OCH3 is 1. The zero-order chi connectivity index (χ0) is 21.5. The van der Waals surface area contributed by atoms with E-state index in [4.69, 9.17) is 21.1 Å². The summed E-state index contributed by atoms with van der Waals surface area (Å²) in [6, 6.07) is 2.00. The van der Waals surface area contributed by atoms with Crippen molar-refractivity contribution in [3.63, 3.8) is 0 Å². The molecule has 0 spiro atoms. The molecular formula is C22H25BrClNO3S. The molecule has 1 aliphatic carbocycles. The van der Waals surface area contributed by atoms with Crippen LogP contribution in [-0.4, -0.2) is 29.0 Å². The monoisotopic (exact) mass is 497 g/mol. The average Bonchev–Trinajstić information content (AvgIpc) is 2.99. The van der Waals surface area contributed by atoms with Gasteiger partial charge in [0.15, 0.2) is 10.0 Å². The fourth-order valence-corrected chi connectivity index (χ4v) is 5.14. The van der Waals surface area contributed by atoms with Crippen LogP contribution in [-0.2, 0) is 14.3 Å². The van der Waals surface area contributed by atoms with Gasteiger partial charge in [-0.05, 0) is 66.7 Å². The number of nitrogens with zero attached hydrogens (tertiary/aromatic N) is 1. The summed E-state index contributed by atoms with van der Waals surface area (Å²) in [5.74, 6) is -0.257. The lowest BCUT2D eigenvalue weighted by Crippen LogP contribution is -2.29. The second-order valence-corrected chi connectivity index (χ2v) is 11.0. The Morgan fingerprint density at radius 3 is 2.66 bits per heavy atom. The van der Waals surface area contributed by atoms with E-state index in [1.54, 1.807) is 11.3 Å². The number of hydrogen-bond donors (Lipinski definition) is 0. The number of esters is 1. The molecule has 0 fully saturated rings. The molecule has 4 nitrogen and oxygen atoms in total. The number of aromatic nitrogens is 1. The van der Waals surface area contributed by atoms with Crippen LogP contribution in [0, 0.1) is 12.8 Å². The number of fused-ring (bicyclic) bond motifs is 1. The first-order valence-electron chi connectivity index (χ1n) is 9.41. The van der Waals surface area contributed by atoms with Gasteiger partial charge in [-0.1, -0.05) is 25.2 Å². The highest BCUT2D eigenvalue weighted by Crippen LogP contribution is 2.43. The van der Waals surface area contributed by atoms with Gasteiger partial charge < -0.3 is 9.47 Å². The fraction of sp³-hybridized carbons (Fsp3) is 0.455. The largest absolute Gasteiger partial charge is 0.467 e. The summed E-state index contributed by atoms with van der Waals surface area (Å²) in [5, 5.41) is -0.0575. The maximum atomic E-state index is 12.8. The first-order valence-corrected chi connectivity index (χ1v) is 11.5. The van der Waals surface area contributed by atoms with Crippen molar-refractivity contribution in [1.29, 1.82) is 0 Å². The summed E-state index contributed by atoms with van der Waals surface area (Å²) in [7, 11) is 1.39. The van der Waals surface area contributed by atoms with Gasteiger partial charge >= 0.3 is 5.97 Å². The number of hydrogen-bond acceptors (Lipinski definition) is 5. The standard InChI is InChI=1S/C22H25BrClNO3S/c1-11-9-13(7-8-14(11)24)17-16(18(20(26)27-6)28-22(3,4)5)12(2)10-15-19(17)29-21(23)25-15/h7-11,14,18H,1-6H3/t11?,14?,18-/m0/s1. The first-order chi connectivity index (χ1) is 13.5. The predicted molar refractivity (Wildman–Crippen MR) is 124 cm³/mol. The Balaban J connectivity index is 2.33. The quantitative estimate of drug-likeness (QED) is 0.352. The third kappa shape index (κ3) is 4.76. The lowest BCUT2D eigenvalue weighted by atomic mass is 9.86. The summed E-state index contributed by atoms with van der Waals surface area (Å²) < 4.78 is 13.1. The van der Waals surface area contributed by atoms with Crippen LogP contribution >= 0.6 is 38.9 Å². The number of rotatable bonds is 4. The Morgan fingerprint density at radius 1 is 1.38 bits per heavy atom. The highest BCUT2D eigenvalue weighted by Gasteiger charge is 2.33. The number of aryl methyl sites for hydroxylation is 1. The van der Waals surface area contributed by atoms with E-state index in [0.29, 0.717) is 0 Å². The van der Waals surface area contributed by atoms with Gasteiger partial charge in [0.2, 0.25) is 0 Å². The maximum Gasteiger partial charge on any atom is 0.339 e. The molecule has 0 bridgehead atoms. The molecule has 0 radical (unpaired) electrons. The zero-order valence-corrected chi connectivity index (χ0v) is 20.5. The van der Waals surface area contributed by atoms with Crippen molar-refractivity contribution in [1.82, 2.24) is 4.98 Å². The molecule has 156 valence electrons. The minimum atomic E-state index is -0.849. The lowest BCUT2D eigenvalue weighted by Gasteiger charge is -2.29. The molecule has 2 unspecified atom stereocenters. The third-order valence-electron chi connectivity index (χ3n) is 4.74.